The first-order valence-electron chi connectivity index (χ1n) is 32.2. The summed E-state index contributed by atoms with van der Waals surface area (Å²) in [6, 6.07) is 0. The van der Waals surface area contributed by atoms with Gasteiger partial charge < -0.3 is 14.2 Å². The summed E-state index contributed by atoms with van der Waals surface area (Å²) in [5, 5.41) is 0. The van der Waals surface area contributed by atoms with E-state index in [9.17, 15) is 14.4 Å². The van der Waals surface area contributed by atoms with Crippen molar-refractivity contribution in [2.75, 3.05) is 13.2 Å². The van der Waals surface area contributed by atoms with Gasteiger partial charge in [0.1, 0.15) is 13.2 Å². The maximum atomic E-state index is 12.9. The molecule has 0 aliphatic rings. The molecule has 71 heavy (non-hydrogen) atoms. The van der Waals surface area contributed by atoms with E-state index in [0.717, 1.165) is 64.2 Å². The Hall–Kier alpha value is -1.85. The van der Waals surface area contributed by atoms with E-state index in [2.05, 4.69) is 32.9 Å². The molecule has 0 aromatic carbocycles. The average Bonchev–Trinajstić information content (AvgIpc) is 3.37. The van der Waals surface area contributed by atoms with Crippen molar-refractivity contribution in [3.05, 3.63) is 12.2 Å². The number of esters is 3. The molecule has 0 aliphatic heterocycles. The van der Waals surface area contributed by atoms with Gasteiger partial charge in [0, 0.05) is 19.3 Å². The summed E-state index contributed by atoms with van der Waals surface area (Å²) in [4.78, 5) is 38.2. The molecule has 0 amide bonds. The summed E-state index contributed by atoms with van der Waals surface area (Å²) in [5.41, 5.74) is 0. The fraction of sp³-hybridized carbons (Fsp3) is 0.923. The highest BCUT2D eigenvalue weighted by molar-refractivity contribution is 5.71. The van der Waals surface area contributed by atoms with Gasteiger partial charge in [-0.1, -0.05) is 315 Å². The van der Waals surface area contributed by atoms with E-state index in [-0.39, 0.29) is 31.1 Å². The molecule has 0 aliphatic carbocycles. The molecule has 1 atom stereocenters. The van der Waals surface area contributed by atoms with Gasteiger partial charge in [-0.3, -0.25) is 14.4 Å². The minimum atomic E-state index is -0.769. The summed E-state index contributed by atoms with van der Waals surface area (Å²) in [7, 11) is 0. The predicted molar refractivity (Wildman–Crippen MR) is 307 cm³/mol. The lowest BCUT2D eigenvalue weighted by molar-refractivity contribution is -0.167. The van der Waals surface area contributed by atoms with Crippen molar-refractivity contribution in [3.63, 3.8) is 0 Å². The van der Waals surface area contributed by atoms with Gasteiger partial charge in [0.25, 0.3) is 0 Å². The number of hydrogen-bond acceptors (Lipinski definition) is 6. The van der Waals surface area contributed by atoms with E-state index in [4.69, 9.17) is 14.2 Å². The lowest BCUT2D eigenvalue weighted by Gasteiger charge is -2.18. The Morgan fingerprint density at radius 1 is 0.268 bits per heavy atom. The molecule has 420 valence electrons. The van der Waals surface area contributed by atoms with Gasteiger partial charge in [-0.25, -0.2) is 0 Å². The van der Waals surface area contributed by atoms with E-state index in [0.29, 0.717) is 19.3 Å². The van der Waals surface area contributed by atoms with Gasteiger partial charge in [-0.15, -0.1) is 0 Å². The van der Waals surface area contributed by atoms with Crippen LogP contribution in [-0.4, -0.2) is 37.2 Å². The van der Waals surface area contributed by atoms with E-state index in [1.165, 1.54) is 263 Å². The SMILES string of the molecule is CCCCCCC/C=C\CCCCCCCC(=O)OC(COC(=O)CCCCCCCCCCCCCCCC)COC(=O)CCCCCCCCCCCCCCCCCCCCCCCCCCC. The van der Waals surface area contributed by atoms with Crippen molar-refractivity contribution in [2.24, 2.45) is 0 Å². The molecule has 0 heterocycles. The molecule has 0 aromatic rings. The molecule has 0 saturated heterocycles. The van der Waals surface area contributed by atoms with Gasteiger partial charge >= 0.3 is 17.9 Å². The lowest BCUT2D eigenvalue weighted by atomic mass is 10.0. The van der Waals surface area contributed by atoms with Crippen molar-refractivity contribution in [1.82, 2.24) is 0 Å². The van der Waals surface area contributed by atoms with Crippen LogP contribution in [-0.2, 0) is 28.6 Å². The fourth-order valence-electron chi connectivity index (χ4n) is 9.91. The highest BCUT2D eigenvalue weighted by Gasteiger charge is 2.19. The molecular formula is C65H124O6. The number of carbonyl (C=O) groups excluding carboxylic acids is 3. The Morgan fingerprint density at radius 3 is 0.704 bits per heavy atom. The number of allylic oxidation sites excluding steroid dienone is 2. The number of rotatable bonds is 60. The molecule has 0 aromatic heterocycles. The third-order valence-electron chi connectivity index (χ3n) is 14.8. The maximum absolute atomic E-state index is 12.9. The van der Waals surface area contributed by atoms with Crippen LogP contribution in [0, 0.1) is 0 Å². The maximum Gasteiger partial charge on any atom is 0.306 e. The van der Waals surface area contributed by atoms with Crippen molar-refractivity contribution in [1.29, 1.82) is 0 Å². The van der Waals surface area contributed by atoms with Gasteiger partial charge in [-0.05, 0) is 44.9 Å². The first kappa shape index (κ1) is 69.2. The summed E-state index contributed by atoms with van der Waals surface area (Å²) in [6.07, 6.45) is 70.8. The number of carbonyl (C=O) groups is 3. The molecule has 0 spiro atoms. The van der Waals surface area contributed by atoms with E-state index in [1.807, 2.05) is 0 Å². The Bertz CT molecular complexity index is 1100. The monoisotopic (exact) mass is 1000 g/mol. The first-order chi connectivity index (χ1) is 35.0. The topological polar surface area (TPSA) is 78.9 Å². The van der Waals surface area contributed by atoms with Crippen LogP contribution in [0.1, 0.15) is 367 Å². The van der Waals surface area contributed by atoms with Crippen LogP contribution >= 0.6 is 0 Å². The summed E-state index contributed by atoms with van der Waals surface area (Å²) in [5.74, 6) is -0.847. The van der Waals surface area contributed by atoms with Crippen LogP contribution in [0.4, 0.5) is 0 Å². The fourth-order valence-corrected chi connectivity index (χ4v) is 9.91. The summed E-state index contributed by atoms with van der Waals surface area (Å²) < 4.78 is 16.9. The van der Waals surface area contributed by atoms with Crippen LogP contribution in [0.5, 0.6) is 0 Å². The van der Waals surface area contributed by atoms with Crippen LogP contribution < -0.4 is 0 Å². The highest BCUT2D eigenvalue weighted by atomic mass is 16.6. The first-order valence-corrected chi connectivity index (χ1v) is 32.2. The number of ether oxygens (including phenoxy) is 3. The zero-order valence-electron chi connectivity index (χ0n) is 48.3. The predicted octanol–water partition coefficient (Wildman–Crippen LogP) is 21.7. The highest BCUT2D eigenvalue weighted by Crippen LogP contribution is 2.18. The largest absolute Gasteiger partial charge is 0.462 e. The second-order valence-corrected chi connectivity index (χ2v) is 22.0. The van der Waals surface area contributed by atoms with Crippen LogP contribution in [0.3, 0.4) is 0 Å². The number of unbranched alkanes of at least 4 members (excludes halogenated alkanes) is 47. The molecule has 0 radical (unpaired) electrons. The number of hydrogen-bond donors (Lipinski definition) is 0. The molecule has 0 fully saturated rings. The molecular weight excluding hydrogens is 877 g/mol. The summed E-state index contributed by atoms with van der Waals surface area (Å²) >= 11 is 0. The molecule has 6 nitrogen and oxygen atoms in total. The van der Waals surface area contributed by atoms with Crippen molar-refractivity contribution in [2.45, 2.75) is 374 Å². The zero-order chi connectivity index (χ0) is 51.4. The van der Waals surface area contributed by atoms with Crippen LogP contribution in [0.2, 0.25) is 0 Å². The van der Waals surface area contributed by atoms with Crippen molar-refractivity contribution < 1.29 is 28.6 Å². The van der Waals surface area contributed by atoms with Crippen molar-refractivity contribution >= 4 is 17.9 Å². The standard InChI is InChI=1S/C65H124O6/c1-4-7-10-13-16-19-22-25-28-29-30-31-32-33-34-35-36-37-38-41-43-46-49-52-55-58-64(67)70-61-62(71-65(68)59-56-53-50-47-44-40-27-24-21-18-15-12-9-6-3)60-69-63(66)57-54-51-48-45-42-39-26-23-20-17-14-11-8-5-2/h24,27,62H,4-23,25-26,28-61H2,1-3H3/b27-24-. The third-order valence-corrected chi connectivity index (χ3v) is 14.8. The minimum absolute atomic E-state index is 0.0671. The second-order valence-electron chi connectivity index (χ2n) is 22.0. The molecule has 0 N–H and O–H groups in total. The molecule has 0 saturated carbocycles. The average molecular weight is 1000 g/mol. The molecule has 0 bridgehead atoms. The summed E-state index contributed by atoms with van der Waals surface area (Å²) in [6.45, 7) is 6.70. The van der Waals surface area contributed by atoms with Crippen LogP contribution in [0.15, 0.2) is 12.2 Å². The van der Waals surface area contributed by atoms with E-state index in [1.54, 1.807) is 0 Å². The third kappa shape index (κ3) is 58.9. The van der Waals surface area contributed by atoms with E-state index >= 15 is 0 Å². The van der Waals surface area contributed by atoms with Crippen LogP contribution in [0.25, 0.3) is 0 Å². The van der Waals surface area contributed by atoms with Gasteiger partial charge in [0.05, 0.1) is 0 Å². The van der Waals surface area contributed by atoms with Gasteiger partial charge in [-0.2, -0.15) is 0 Å². The minimum Gasteiger partial charge on any atom is -0.462 e. The van der Waals surface area contributed by atoms with Crippen molar-refractivity contribution in [3.8, 4) is 0 Å². The Labute approximate surface area is 443 Å². The lowest BCUT2D eigenvalue weighted by Crippen LogP contribution is -2.30. The Kier molecular flexibility index (Phi) is 59.1. The Balaban J connectivity index is 4.19. The normalized spacial score (nSPS) is 12.0. The molecule has 6 heteroatoms. The van der Waals surface area contributed by atoms with E-state index < -0.39 is 6.10 Å². The molecule has 1 unspecified atom stereocenters. The second kappa shape index (κ2) is 60.7. The van der Waals surface area contributed by atoms with Gasteiger partial charge in [0.15, 0.2) is 6.10 Å². The van der Waals surface area contributed by atoms with Gasteiger partial charge in [0.2, 0.25) is 0 Å². The zero-order valence-corrected chi connectivity index (χ0v) is 48.3. The quantitative estimate of drug-likeness (QED) is 0.0261. The smallest absolute Gasteiger partial charge is 0.306 e. The molecule has 0 rings (SSSR count). The Morgan fingerprint density at radius 2 is 0.465 bits per heavy atom.